The van der Waals surface area contributed by atoms with Gasteiger partial charge in [-0.2, -0.15) is 0 Å². The van der Waals surface area contributed by atoms with Gasteiger partial charge in [0.25, 0.3) is 0 Å². The number of fused-ring (bicyclic) bond motifs is 1. The van der Waals surface area contributed by atoms with Gasteiger partial charge in [0, 0.05) is 18.8 Å². The molecule has 1 aromatic heterocycles. The lowest BCUT2D eigenvalue weighted by Gasteiger charge is -2.25. The molecule has 3 heteroatoms. The first kappa shape index (κ1) is 13.0. The average Bonchev–Trinajstić information content (AvgIpc) is 2.97. The Kier molecular flexibility index (Phi) is 3.53. The standard InChI is InChI=1S/C16H21ClN2/c1-16(9-4-5-10-16)12-19-14-7-3-2-6-13(14)18-15(19)8-11-17/h2-3,6-7H,4-5,8-12H2,1H3. The average molecular weight is 277 g/mol. The molecule has 0 amide bonds. The molecule has 0 unspecified atom stereocenters. The number of aryl methyl sites for hydroxylation is 1. The Morgan fingerprint density at radius 2 is 2.00 bits per heavy atom. The minimum atomic E-state index is 0.435. The van der Waals surface area contributed by atoms with E-state index in [1.165, 1.54) is 31.2 Å². The molecule has 0 N–H and O–H groups in total. The molecule has 0 atom stereocenters. The van der Waals surface area contributed by atoms with Crippen LogP contribution in [-0.2, 0) is 13.0 Å². The number of hydrogen-bond acceptors (Lipinski definition) is 1. The fraction of sp³-hybridized carbons (Fsp3) is 0.562. The Hall–Kier alpha value is -1.02. The van der Waals surface area contributed by atoms with Gasteiger partial charge in [-0.15, -0.1) is 11.6 Å². The summed E-state index contributed by atoms with van der Waals surface area (Å²) in [6, 6.07) is 8.43. The van der Waals surface area contributed by atoms with Gasteiger partial charge in [-0.3, -0.25) is 0 Å². The van der Waals surface area contributed by atoms with Gasteiger partial charge < -0.3 is 4.57 Å². The van der Waals surface area contributed by atoms with Crippen LogP contribution in [0.5, 0.6) is 0 Å². The van der Waals surface area contributed by atoms with Crippen LogP contribution < -0.4 is 0 Å². The summed E-state index contributed by atoms with van der Waals surface area (Å²) in [6.07, 6.45) is 6.26. The van der Waals surface area contributed by atoms with Gasteiger partial charge in [0.1, 0.15) is 5.82 Å². The van der Waals surface area contributed by atoms with Crippen molar-refractivity contribution in [3.8, 4) is 0 Å². The van der Waals surface area contributed by atoms with E-state index in [-0.39, 0.29) is 0 Å². The number of nitrogens with zero attached hydrogens (tertiary/aromatic N) is 2. The zero-order valence-corrected chi connectivity index (χ0v) is 12.3. The smallest absolute Gasteiger partial charge is 0.111 e. The number of benzene rings is 1. The van der Waals surface area contributed by atoms with Crippen molar-refractivity contribution < 1.29 is 0 Å². The quantitative estimate of drug-likeness (QED) is 0.757. The number of para-hydroxylation sites is 2. The van der Waals surface area contributed by atoms with E-state index in [1.54, 1.807) is 0 Å². The lowest BCUT2D eigenvalue weighted by atomic mass is 9.88. The molecule has 1 aliphatic carbocycles. The Bertz CT molecular complexity index is 567. The third-order valence-electron chi connectivity index (χ3n) is 4.40. The molecule has 0 spiro atoms. The molecule has 102 valence electrons. The van der Waals surface area contributed by atoms with Crippen molar-refractivity contribution >= 4 is 22.6 Å². The predicted molar refractivity (Wildman–Crippen MR) is 80.7 cm³/mol. The molecule has 0 aliphatic heterocycles. The molecule has 0 radical (unpaired) electrons. The fourth-order valence-electron chi connectivity index (χ4n) is 3.35. The van der Waals surface area contributed by atoms with Crippen LogP contribution in [0.25, 0.3) is 11.0 Å². The van der Waals surface area contributed by atoms with Gasteiger partial charge >= 0.3 is 0 Å². The maximum absolute atomic E-state index is 5.93. The number of halogens is 1. The largest absolute Gasteiger partial charge is 0.327 e. The van der Waals surface area contributed by atoms with Crippen molar-refractivity contribution in [3.63, 3.8) is 0 Å². The van der Waals surface area contributed by atoms with Gasteiger partial charge in [-0.25, -0.2) is 4.98 Å². The van der Waals surface area contributed by atoms with E-state index < -0.39 is 0 Å². The number of imidazole rings is 1. The molecule has 1 aromatic carbocycles. The van der Waals surface area contributed by atoms with E-state index >= 15 is 0 Å². The molecule has 19 heavy (non-hydrogen) atoms. The van der Waals surface area contributed by atoms with Crippen LogP contribution in [0.2, 0.25) is 0 Å². The summed E-state index contributed by atoms with van der Waals surface area (Å²) >= 11 is 5.93. The van der Waals surface area contributed by atoms with Crippen LogP contribution in [0.1, 0.15) is 38.4 Å². The topological polar surface area (TPSA) is 17.8 Å². The number of aromatic nitrogens is 2. The molecule has 3 rings (SSSR count). The molecule has 1 saturated carbocycles. The first-order chi connectivity index (χ1) is 9.22. The summed E-state index contributed by atoms with van der Waals surface area (Å²) in [5, 5.41) is 0. The second kappa shape index (κ2) is 5.16. The van der Waals surface area contributed by atoms with Crippen LogP contribution in [-0.4, -0.2) is 15.4 Å². The molecule has 0 bridgehead atoms. The summed E-state index contributed by atoms with van der Waals surface area (Å²) in [5.41, 5.74) is 2.80. The van der Waals surface area contributed by atoms with E-state index in [4.69, 9.17) is 16.6 Å². The Balaban J connectivity index is 2.01. The van der Waals surface area contributed by atoms with Crippen LogP contribution in [0, 0.1) is 5.41 Å². The maximum atomic E-state index is 5.93. The Labute approximate surface area is 119 Å². The molecule has 2 aromatic rings. The second-order valence-electron chi connectivity index (χ2n) is 6.06. The van der Waals surface area contributed by atoms with Crippen molar-refractivity contribution in [2.45, 2.75) is 45.6 Å². The summed E-state index contributed by atoms with van der Waals surface area (Å²) in [7, 11) is 0. The van der Waals surface area contributed by atoms with E-state index in [1.807, 2.05) is 0 Å². The molecular formula is C16H21ClN2. The highest BCUT2D eigenvalue weighted by molar-refractivity contribution is 6.17. The van der Waals surface area contributed by atoms with Crippen LogP contribution in [0.4, 0.5) is 0 Å². The van der Waals surface area contributed by atoms with Crippen LogP contribution in [0.3, 0.4) is 0 Å². The van der Waals surface area contributed by atoms with Gasteiger partial charge in [0.15, 0.2) is 0 Å². The van der Waals surface area contributed by atoms with Crippen molar-refractivity contribution in [2.24, 2.45) is 5.41 Å². The minimum absolute atomic E-state index is 0.435. The van der Waals surface area contributed by atoms with Gasteiger partial charge in [-0.1, -0.05) is 31.9 Å². The summed E-state index contributed by atoms with van der Waals surface area (Å²) < 4.78 is 2.41. The van der Waals surface area contributed by atoms with Crippen molar-refractivity contribution in [1.82, 2.24) is 9.55 Å². The zero-order chi connectivity index (χ0) is 13.3. The molecule has 1 aliphatic rings. The van der Waals surface area contributed by atoms with Crippen LogP contribution >= 0.6 is 11.6 Å². The van der Waals surface area contributed by atoms with E-state index in [2.05, 4.69) is 35.8 Å². The molecule has 0 saturated heterocycles. The number of hydrogen-bond donors (Lipinski definition) is 0. The second-order valence-corrected chi connectivity index (χ2v) is 6.44. The molecule has 2 nitrogen and oxygen atoms in total. The van der Waals surface area contributed by atoms with Crippen molar-refractivity contribution in [1.29, 1.82) is 0 Å². The Morgan fingerprint density at radius 3 is 2.74 bits per heavy atom. The zero-order valence-electron chi connectivity index (χ0n) is 11.5. The lowest BCUT2D eigenvalue weighted by Crippen LogP contribution is -2.21. The van der Waals surface area contributed by atoms with Crippen molar-refractivity contribution in [2.75, 3.05) is 5.88 Å². The number of alkyl halides is 1. The van der Waals surface area contributed by atoms with E-state index in [9.17, 15) is 0 Å². The van der Waals surface area contributed by atoms with E-state index in [0.717, 1.165) is 24.3 Å². The normalized spacial score (nSPS) is 18.2. The fourth-order valence-corrected chi connectivity index (χ4v) is 3.51. The minimum Gasteiger partial charge on any atom is -0.327 e. The van der Waals surface area contributed by atoms with Gasteiger partial charge in [-0.05, 0) is 30.4 Å². The van der Waals surface area contributed by atoms with Crippen molar-refractivity contribution in [3.05, 3.63) is 30.1 Å². The Morgan fingerprint density at radius 1 is 1.26 bits per heavy atom. The van der Waals surface area contributed by atoms with E-state index in [0.29, 0.717) is 11.3 Å². The predicted octanol–water partition coefficient (Wildman–Crippen LogP) is 4.40. The summed E-state index contributed by atoms with van der Waals surface area (Å²) in [6.45, 7) is 3.50. The molecular weight excluding hydrogens is 256 g/mol. The maximum Gasteiger partial charge on any atom is 0.111 e. The SMILES string of the molecule is CC1(Cn2c(CCCl)nc3ccccc32)CCCC1. The highest BCUT2D eigenvalue weighted by Crippen LogP contribution is 2.39. The van der Waals surface area contributed by atoms with Gasteiger partial charge in [0.2, 0.25) is 0 Å². The third-order valence-corrected chi connectivity index (χ3v) is 4.59. The number of rotatable bonds is 4. The summed E-state index contributed by atoms with van der Waals surface area (Å²) in [4.78, 5) is 4.75. The highest BCUT2D eigenvalue weighted by Gasteiger charge is 2.30. The van der Waals surface area contributed by atoms with Gasteiger partial charge in [0.05, 0.1) is 11.0 Å². The summed E-state index contributed by atoms with van der Waals surface area (Å²) in [5.74, 6) is 1.78. The third kappa shape index (κ3) is 2.51. The molecule has 1 fully saturated rings. The van der Waals surface area contributed by atoms with Crippen LogP contribution in [0.15, 0.2) is 24.3 Å². The lowest BCUT2D eigenvalue weighted by molar-refractivity contribution is 0.282. The highest BCUT2D eigenvalue weighted by atomic mass is 35.5. The first-order valence-electron chi connectivity index (χ1n) is 7.22. The monoisotopic (exact) mass is 276 g/mol. The first-order valence-corrected chi connectivity index (χ1v) is 7.75. The molecule has 1 heterocycles.